The van der Waals surface area contributed by atoms with E-state index < -0.39 is 0 Å². The summed E-state index contributed by atoms with van der Waals surface area (Å²) in [6, 6.07) is 7.00. The van der Waals surface area contributed by atoms with E-state index in [-0.39, 0.29) is 5.91 Å². The third kappa shape index (κ3) is 3.06. The van der Waals surface area contributed by atoms with E-state index >= 15 is 0 Å². The minimum absolute atomic E-state index is 0.145. The number of nitrogens with one attached hydrogen (secondary N) is 1. The van der Waals surface area contributed by atoms with E-state index in [4.69, 9.17) is 11.6 Å². The Morgan fingerprint density at radius 1 is 1.41 bits per heavy atom. The molecule has 2 aromatic rings. The van der Waals surface area contributed by atoms with Gasteiger partial charge in [-0.3, -0.25) is 4.79 Å². The summed E-state index contributed by atoms with van der Waals surface area (Å²) in [5.41, 5.74) is 1.37. The minimum Gasteiger partial charge on any atom is -0.320 e. The second kappa shape index (κ2) is 5.16. The fraction of sp³-hybridized carbons (Fsp3) is 0.0909. The number of aryl methyl sites for hydroxylation is 1. The molecule has 0 aliphatic carbocycles. The molecule has 0 bridgehead atoms. The average molecular weight is 332 g/mol. The number of amides is 1. The van der Waals surface area contributed by atoms with Crippen molar-refractivity contribution in [2.24, 2.45) is 0 Å². The van der Waals surface area contributed by atoms with Crippen molar-refractivity contribution in [3.05, 3.63) is 43.8 Å². The highest BCUT2D eigenvalue weighted by atomic mass is 79.9. The molecule has 17 heavy (non-hydrogen) atoms. The highest BCUT2D eigenvalue weighted by Gasteiger charge is 2.10. The maximum atomic E-state index is 11.9. The molecule has 3 nitrogen and oxygen atoms in total. The number of rotatable bonds is 2. The van der Waals surface area contributed by atoms with Gasteiger partial charge in [0.05, 0.1) is 20.0 Å². The van der Waals surface area contributed by atoms with Crippen LogP contribution in [0, 0.1) is 6.92 Å². The predicted molar refractivity (Wildman–Crippen MR) is 74.0 cm³/mol. The summed E-state index contributed by atoms with van der Waals surface area (Å²) in [6.45, 7) is 1.80. The summed E-state index contributed by atoms with van der Waals surface area (Å²) >= 11 is 10.4. The van der Waals surface area contributed by atoms with Crippen LogP contribution in [0.25, 0.3) is 0 Å². The lowest BCUT2D eigenvalue weighted by Crippen LogP contribution is -2.11. The number of nitrogens with zero attached hydrogens (tertiary/aromatic N) is 1. The first-order chi connectivity index (χ1) is 8.06. The summed E-state index contributed by atoms with van der Waals surface area (Å²) < 4.78 is 0.925. The van der Waals surface area contributed by atoms with Gasteiger partial charge in [-0.15, -0.1) is 11.3 Å². The maximum absolute atomic E-state index is 11.9. The molecule has 0 aliphatic rings. The number of thiophene rings is 1. The zero-order valence-corrected chi connectivity index (χ0v) is 12.0. The van der Waals surface area contributed by atoms with Gasteiger partial charge in [0, 0.05) is 0 Å². The molecule has 0 fully saturated rings. The van der Waals surface area contributed by atoms with Gasteiger partial charge >= 0.3 is 0 Å². The Hall–Kier alpha value is -0.910. The van der Waals surface area contributed by atoms with Crippen LogP contribution in [0.2, 0.25) is 5.15 Å². The Morgan fingerprint density at radius 3 is 2.76 bits per heavy atom. The van der Waals surface area contributed by atoms with Crippen LogP contribution in [-0.2, 0) is 0 Å². The third-order valence-corrected chi connectivity index (χ3v) is 3.93. The van der Waals surface area contributed by atoms with Gasteiger partial charge in [0.2, 0.25) is 0 Å². The van der Waals surface area contributed by atoms with E-state index in [0.29, 0.717) is 21.4 Å². The van der Waals surface area contributed by atoms with Crippen LogP contribution in [0.4, 0.5) is 5.69 Å². The molecular weight excluding hydrogens is 324 g/mol. The minimum atomic E-state index is -0.145. The molecule has 0 atom stereocenters. The van der Waals surface area contributed by atoms with Crippen LogP contribution in [0.15, 0.2) is 28.1 Å². The first kappa shape index (κ1) is 12.5. The van der Waals surface area contributed by atoms with Crippen LogP contribution < -0.4 is 5.32 Å². The normalized spacial score (nSPS) is 10.3. The summed E-state index contributed by atoms with van der Waals surface area (Å²) in [4.78, 5) is 16.6. The van der Waals surface area contributed by atoms with Crippen molar-refractivity contribution in [2.45, 2.75) is 6.92 Å². The van der Waals surface area contributed by atoms with Crippen LogP contribution in [0.3, 0.4) is 0 Å². The van der Waals surface area contributed by atoms with Gasteiger partial charge in [0.15, 0.2) is 0 Å². The van der Waals surface area contributed by atoms with Crippen LogP contribution in [0.1, 0.15) is 15.4 Å². The number of halogens is 2. The zero-order valence-electron chi connectivity index (χ0n) is 8.83. The lowest BCUT2D eigenvalue weighted by molar-refractivity contribution is 0.103. The summed E-state index contributed by atoms with van der Waals surface area (Å²) in [5, 5.41) is 3.21. The van der Waals surface area contributed by atoms with E-state index in [9.17, 15) is 4.79 Å². The fourth-order valence-corrected chi connectivity index (χ4v) is 2.75. The van der Waals surface area contributed by atoms with Gasteiger partial charge in [0.25, 0.3) is 5.91 Å². The van der Waals surface area contributed by atoms with Gasteiger partial charge in [0.1, 0.15) is 5.15 Å². The van der Waals surface area contributed by atoms with Crippen molar-refractivity contribution in [3.8, 4) is 0 Å². The fourth-order valence-electron chi connectivity index (χ4n) is 1.28. The number of hydrogen-bond donors (Lipinski definition) is 1. The van der Waals surface area contributed by atoms with Crippen molar-refractivity contribution in [3.63, 3.8) is 0 Å². The van der Waals surface area contributed by atoms with Crippen molar-refractivity contribution >= 4 is 50.5 Å². The first-order valence-corrected chi connectivity index (χ1v) is 6.75. The summed E-state index contributed by atoms with van der Waals surface area (Å²) in [6.07, 6.45) is 0. The molecule has 0 saturated carbocycles. The lowest BCUT2D eigenvalue weighted by Gasteiger charge is -2.06. The van der Waals surface area contributed by atoms with Crippen molar-refractivity contribution < 1.29 is 4.79 Å². The van der Waals surface area contributed by atoms with Gasteiger partial charge in [-0.05, 0) is 47.1 Å². The Balaban J connectivity index is 2.18. The second-order valence-corrected chi connectivity index (χ2v) is 6.18. The van der Waals surface area contributed by atoms with E-state index in [1.165, 1.54) is 11.3 Å². The van der Waals surface area contributed by atoms with E-state index in [1.54, 1.807) is 25.1 Å². The van der Waals surface area contributed by atoms with Crippen molar-refractivity contribution in [1.82, 2.24) is 4.98 Å². The SMILES string of the molecule is Cc1nc(Cl)ccc1NC(=O)c1ccc(Br)s1. The van der Waals surface area contributed by atoms with Crippen molar-refractivity contribution in [2.75, 3.05) is 5.32 Å². The monoisotopic (exact) mass is 330 g/mol. The maximum Gasteiger partial charge on any atom is 0.265 e. The molecule has 2 aromatic heterocycles. The Labute approximate surface area is 116 Å². The standard InChI is InChI=1S/C11H8BrClN2OS/c1-6-7(2-5-10(13)14-6)15-11(16)8-3-4-9(12)17-8/h2-5H,1H3,(H,15,16). The Morgan fingerprint density at radius 2 is 2.18 bits per heavy atom. The number of anilines is 1. The molecule has 0 spiro atoms. The molecule has 0 unspecified atom stereocenters. The van der Waals surface area contributed by atoms with Gasteiger partial charge in [-0.25, -0.2) is 4.98 Å². The molecule has 0 aliphatic heterocycles. The molecule has 2 heterocycles. The summed E-state index contributed by atoms with van der Waals surface area (Å²) in [7, 11) is 0. The number of aromatic nitrogens is 1. The Bertz CT molecular complexity index is 570. The topological polar surface area (TPSA) is 42.0 Å². The van der Waals surface area contributed by atoms with Crippen LogP contribution >= 0.6 is 38.9 Å². The van der Waals surface area contributed by atoms with Crippen LogP contribution in [0.5, 0.6) is 0 Å². The smallest absolute Gasteiger partial charge is 0.265 e. The van der Waals surface area contributed by atoms with E-state index in [2.05, 4.69) is 26.2 Å². The highest BCUT2D eigenvalue weighted by molar-refractivity contribution is 9.11. The quantitative estimate of drug-likeness (QED) is 0.841. The molecule has 0 aromatic carbocycles. The van der Waals surface area contributed by atoms with E-state index in [1.807, 2.05) is 6.07 Å². The Kier molecular flexibility index (Phi) is 3.81. The molecule has 1 N–H and O–H groups in total. The molecule has 1 amide bonds. The molecule has 0 saturated heterocycles. The second-order valence-electron chi connectivity index (χ2n) is 3.32. The average Bonchev–Trinajstić information content (AvgIpc) is 2.69. The van der Waals surface area contributed by atoms with Gasteiger partial charge < -0.3 is 5.32 Å². The number of pyridine rings is 1. The van der Waals surface area contributed by atoms with Gasteiger partial charge in [-0.1, -0.05) is 11.6 Å². The molecule has 88 valence electrons. The highest BCUT2D eigenvalue weighted by Crippen LogP contribution is 2.23. The number of carbonyl (C=O) groups excluding carboxylic acids is 1. The summed E-state index contributed by atoms with van der Waals surface area (Å²) in [5.74, 6) is -0.145. The lowest BCUT2D eigenvalue weighted by atomic mass is 10.3. The number of hydrogen-bond acceptors (Lipinski definition) is 3. The molecule has 0 radical (unpaired) electrons. The van der Waals surface area contributed by atoms with Crippen molar-refractivity contribution in [1.29, 1.82) is 0 Å². The largest absolute Gasteiger partial charge is 0.320 e. The number of carbonyl (C=O) groups is 1. The van der Waals surface area contributed by atoms with Crippen LogP contribution in [-0.4, -0.2) is 10.9 Å². The third-order valence-electron chi connectivity index (χ3n) is 2.10. The predicted octanol–water partition coefficient (Wildman–Crippen LogP) is 4.12. The first-order valence-electron chi connectivity index (χ1n) is 4.76. The zero-order chi connectivity index (χ0) is 12.4. The molecule has 6 heteroatoms. The molecule has 2 rings (SSSR count). The van der Waals surface area contributed by atoms with E-state index in [0.717, 1.165) is 3.79 Å². The molecular formula is C11H8BrClN2OS. The van der Waals surface area contributed by atoms with Gasteiger partial charge in [-0.2, -0.15) is 0 Å².